The number of ether oxygens (including phenoxy) is 1. The second-order valence-corrected chi connectivity index (χ2v) is 8.60. The van der Waals surface area contributed by atoms with Gasteiger partial charge >= 0.3 is 0 Å². The first kappa shape index (κ1) is 17.8. The van der Waals surface area contributed by atoms with Gasteiger partial charge in [0.1, 0.15) is 5.75 Å². The third kappa shape index (κ3) is 4.15. The van der Waals surface area contributed by atoms with Crippen molar-refractivity contribution < 1.29 is 17.9 Å². The van der Waals surface area contributed by atoms with Gasteiger partial charge in [-0.25, -0.2) is 8.42 Å². The number of fused-ring (bicyclic) bond motifs is 1. The van der Waals surface area contributed by atoms with Gasteiger partial charge in [-0.2, -0.15) is 0 Å². The number of nitrogens with one attached hydrogen (secondary N) is 1. The van der Waals surface area contributed by atoms with Crippen LogP contribution in [0.25, 0.3) is 0 Å². The number of nitrogens with zero attached hydrogens (tertiary/aromatic N) is 1. The Morgan fingerprint density at radius 2 is 2.16 bits per heavy atom. The van der Waals surface area contributed by atoms with Crippen molar-refractivity contribution in [3.05, 3.63) is 35.4 Å². The van der Waals surface area contributed by atoms with E-state index in [1.165, 1.54) is 16.3 Å². The first-order valence-electron chi connectivity index (χ1n) is 8.55. The number of rotatable bonds is 4. The number of hydrogen-bond donors (Lipinski definition) is 1. The molecule has 1 aliphatic heterocycles. The molecular formula is C18H24N2O4S. The Kier molecular flexibility index (Phi) is 5.03. The first-order chi connectivity index (χ1) is 11.8. The summed E-state index contributed by atoms with van der Waals surface area (Å²) in [6.07, 6.45) is 6.87. The van der Waals surface area contributed by atoms with E-state index >= 15 is 0 Å². The van der Waals surface area contributed by atoms with Gasteiger partial charge in [-0.1, -0.05) is 17.7 Å². The molecule has 2 aliphatic rings. The predicted octanol–water partition coefficient (Wildman–Crippen LogP) is 2.14. The van der Waals surface area contributed by atoms with Crippen LogP contribution in [0.5, 0.6) is 5.75 Å². The summed E-state index contributed by atoms with van der Waals surface area (Å²) in [4.78, 5) is 12.5. The second-order valence-electron chi connectivity index (χ2n) is 6.70. The van der Waals surface area contributed by atoms with Gasteiger partial charge in [0.2, 0.25) is 10.0 Å². The minimum Gasteiger partial charge on any atom is -0.476 e. The topological polar surface area (TPSA) is 75.7 Å². The zero-order chi connectivity index (χ0) is 18.0. The maximum atomic E-state index is 12.5. The number of amides is 1. The third-order valence-electron chi connectivity index (χ3n) is 4.55. The highest BCUT2D eigenvalue weighted by molar-refractivity contribution is 7.92. The molecule has 1 heterocycles. The fraction of sp³-hybridized carbons (Fsp3) is 0.500. The van der Waals surface area contributed by atoms with E-state index in [0.717, 1.165) is 31.1 Å². The lowest BCUT2D eigenvalue weighted by Gasteiger charge is -2.34. The summed E-state index contributed by atoms with van der Waals surface area (Å²) in [5.41, 5.74) is 2.65. The van der Waals surface area contributed by atoms with E-state index in [9.17, 15) is 13.2 Å². The van der Waals surface area contributed by atoms with Crippen molar-refractivity contribution in [2.75, 3.05) is 23.7 Å². The van der Waals surface area contributed by atoms with E-state index in [2.05, 4.69) is 11.4 Å². The maximum Gasteiger partial charge on any atom is 0.263 e. The molecule has 1 aromatic rings. The summed E-state index contributed by atoms with van der Waals surface area (Å²) in [5.74, 6) is 0.130. The molecule has 0 unspecified atom stereocenters. The highest BCUT2D eigenvalue weighted by Crippen LogP contribution is 2.35. The van der Waals surface area contributed by atoms with Crippen molar-refractivity contribution in [1.29, 1.82) is 0 Å². The van der Waals surface area contributed by atoms with Gasteiger partial charge in [-0.15, -0.1) is 0 Å². The Labute approximate surface area is 148 Å². The molecule has 1 aromatic carbocycles. The molecule has 0 saturated heterocycles. The average molecular weight is 364 g/mol. The van der Waals surface area contributed by atoms with Crippen molar-refractivity contribution >= 4 is 21.6 Å². The van der Waals surface area contributed by atoms with E-state index in [0.29, 0.717) is 18.0 Å². The van der Waals surface area contributed by atoms with Crippen LogP contribution < -0.4 is 14.4 Å². The molecule has 1 atom stereocenters. The maximum absolute atomic E-state index is 12.5. The normalized spacial score (nSPS) is 20.3. The Balaban J connectivity index is 1.76. The summed E-state index contributed by atoms with van der Waals surface area (Å²) < 4.78 is 31.4. The van der Waals surface area contributed by atoms with Gasteiger partial charge in [0.15, 0.2) is 6.10 Å². The largest absolute Gasteiger partial charge is 0.476 e. The number of anilines is 1. The molecule has 25 heavy (non-hydrogen) atoms. The summed E-state index contributed by atoms with van der Waals surface area (Å²) in [7, 11) is -3.50. The Bertz CT molecular complexity index is 801. The van der Waals surface area contributed by atoms with Crippen molar-refractivity contribution in [3.63, 3.8) is 0 Å². The average Bonchev–Trinajstić information content (AvgIpc) is 2.58. The SMILES string of the molecule is Cc1ccc2c(c1)N(S(C)(=O)=O)C[C@H](C(=O)NCC1=CCCCC1)O2. The molecule has 0 radical (unpaired) electrons. The summed E-state index contributed by atoms with van der Waals surface area (Å²) in [5, 5.41) is 2.88. The molecule has 136 valence electrons. The summed E-state index contributed by atoms with van der Waals surface area (Å²) in [6, 6.07) is 5.32. The highest BCUT2D eigenvalue weighted by atomic mass is 32.2. The molecule has 0 spiro atoms. The fourth-order valence-electron chi connectivity index (χ4n) is 3.19. The van der Waals surface area contributed by atoms with Crippen LogP contribution in [0, 0.1) is 6.92 Å². The number of benzene rings is 1. The molecule has 3 rings (SSSR count). The van der Waals surface area contributed by atoms with Crippen molar-refractivity contribution in [2.45, 2.75) is 38.7 Å². The molecule has 0 fully saturated rings. The molecule has 1 aliphatic carbocycles. The minimum atomic E-state index is -3.50. The monoisotopic (exact) mass is 364 g/mol. The number of carbonyl (C=O) groups is 1. The lowest BCUT2D eigenvalue weighted by atomic mass is 10.00. The van der Waals surface area contributed by atoms with E-state index < -0.39 is 16.1 Å². The Hall–Kier alpha value is -2.02. The molecular weight excluding hydrogens is 340 g/mol. The van der Waals surface area contributed by atoms with E-state index in [1.54, 1.807) is 12.1 Å². The van der Waals surface area contributed by atoms with Crippen molar-refractivity contribution in [1.82, 2.24) is 5.32 Å². The van der Waals surface area contributed by atoms with Crippen LogP contribution >= 0.6 is 0 Å². The van der Waals surface area contributed by atoms with Crippen LogP contribution in [0.4, 0.5) is 5.69 Å². The van der Waals surface area contributed by atoms with Crippen LogP contribution in [-0.2, 0) is 14.8 Å². The van der Waals surface area contributed by atoms with Gasteiger partial charge in [0, 0.05) is 6.54 Å². The van der Waals surface area contributed by atoms with Crippen LogP contribution in [0.15, 0.2) is 29.8 Å². The number of carbonyl (C=O) groups excluding carboxylic acids is 1. The van der Waals surface area contributed by atoms with E-state index in [-0.39, 0.29) is 12.5 Å². The minimum absolute atomic E-state index is 0.0137. The third-order valence-corrected chi connectivity index (χ3v) is 5.70. The van der Waals surface area contributed by atoms with Crippen molar-refractivity contribution in [2.24, 2.45) is 0 Å². The smallest absolute Gasteiger partial charge is 0.263 e. The van der Waals surface area contributed by atoms with Gasteiger partial charge < -0.3 is 10.1 Å². The fourth-order valence-corrected chi connectivity index (χ4v) is 4.10. The second kappa shape index (κ2) is 7.07. The highest BCUT2D eigenvalue weighted by Gasteiger charge is 2.35. The molecule has 0 bridgehead atoms. The quantitative estimate of drug-likeness (QED) is 0.831. The molecule has 0 saturated carbocycles. The van der Waals surface area contributed by atoms with E-state index in [1.807, 2.05) is 13.0 Å². The molecule has 0 aromatic heterocycles. The van der Waals surface area contributed by atoms with Gasteiger partial charge in [-0.05, 0) is 50.3 Å². The van der Waals surface area contributed by atoms with Crippen LogP contribution in [-0.4, -0.2) is 39.8 Å². The zero-order valence-electron chi connectivity index (χ0n) is 14.6. The zero-order valence-corrected chi connectivity index (χ0v) is 15.4. The van der Waals surface area contributed by atoms with Crippen LogP contribution in [0.3, 0.4) is 0 Å². The molecule has 1 amide bonds. The number of hydrogen-bond acceptors (Lipinski definition) is 4. The molecule has 6 nitrogen and oxygen atoms in total. The number of allylic oxidation sites excluding steroid dienone is 1. The van der Waals surface area contributed by atoms with Gasteiger partial charge in [0.05, 0.1) is 18.5 Å². The Morgan fingerprint density at radius 3 is 2.84 bits per heavy atom. The van der Waals surface area contributed by atoms with Crippen molar-refractivity contribution in [3.8, 4) is 5.75 Å². The summed E-state index contributed by atoms with van der Waals surface area (Å²) in [6.45, 7) is 2.37. The first-order valence-corrected chi connectivity index (χ1v) is 10.4. The lowest BCUT2D eigenvalue weighted by molar-refractivity contribution is -0.127. The Morgan fingerprint density at radius 1 is 1.36 bits per heavy atom. The number of aryl methyl sites for hydroxylation is 1. The standard InChI is InChI=1S/C18H24N2O4S/c1-13-8-9-16-15(10-13)20(25(2,22)23)12-17(24-16)18(21)19-11-14-6-4-3-5-7-14/h6,8-10,17H,3-5,7,11-12H2,1-2H3,(H,19,21)/t17-/m1/s1. The van der Waals surface area contributed by atoms with E-state index in [4.69, 9.17) is 4.74 Å². The van der Waals surface area contributed by atoms with Crippen LogP contribution in [0.2, 0.25) is 0 Å². The molecule has 7 heteroatoms. The van der Waals surface area contributed by atoms with Gasteiger partial charge in [0.25, 0.3) is 5.91 Å². The lowest BCUT2D eigenvalue weighted by Crippen LogP contribution is -2.50. The molecule has 1 N–H and O–H groups in total. The van der Waals surface area contributed by atoms with Crippen LogP contribution in [0.1, 0.15) is 31.2 Å². The predicted molar refractivity (Wildman–Crippen MR) is 97.3 cm³/mol. The number of sulfonamides is 1. The van der Waals surface area contributed by atoms with Gasteiger partial charge in [-0.3, -0.25) is 9.10 Å². The summed E-state index contributed by atoms with van der Waals surface area (Å²) >= 11 is 0.